The Balaban J connectivity index is 2.01. The number of fused-ring (bicyclic) bond motifs is 1. The molecule has 0 N–H and O–H groups in total. The van der Waals surface area contributed by atoms with Crippen LogP contribution >= 0.6 is 0 Å². The number of hydrogen-bond donors (Lipinski definition) is 0. The lowest BCUT2D eigenvalue weighted by Gasteiger charge is -2.17. The van der Waals surface area contributed by atoms with E-state index in [-0.39, 0.29) is 0 Å². The summed E-state index contributed by atoms with van der Waals surface area (Å²) in [5.41, 5.74) is 3.84. The summed E-state index contributed by atoms with van der Waals surface area (Å²) in [6.45, 7) is 1.99. The first-order chi connectivity index (χ1) is 9.78. The van der Waals surface area contributed by atoms with E-state index in [0.717, 1.165) is 36.3 Å². The summed E-state index contributed by atoms with van der Waals surface area (Å²) in [6.07, 6.45) is 4.33. The standard InChI is InChI=1S/C17H16N2O/c1-12-6-2-5-9-16(12)20-17-14(11-18)10-13-7-3-4-8-15(13)19-17/h2,5-6,9-10H,3-4,7-8H2,1H3. The van der Waals surface area contributed by atoms with Crippen molar-refractivity contribution in [2.45, 2.75) is 32.6 Å². The van der Waals surface area contributed by atoms with E-state index >= 15 is 0 Å². The SMILES string of the molecule is Cc1ccccc1Oc1nc2c(cc1C#N)CCCC2. The number of benzene rings is 1. The van der Waals surface area contributed by atoms with Gasteiger partial charge in [-0.15, -0.1) is 0 Å². The summed E-state index contributed by atoms with van der Waals surface area (Å²) in [4.78, 5) is 4.58. The van der Waals surface area contributed by atoms with Gasteiger partial charge in [0.2, 0.25) is 5.88 Å². The fourth-order valence-electron chi connectivity index (χ4n) is 2.55. The minimum Gasteiger partial charge on any atom is -0.437 e. The Morgan fingerprint density at radius 1 is 1.20 bits per heavy atom. The Labute approximate surface area is 118 Å². The second kappa shape index (κ2) is 5.34. The van der Waals surface area contributed by atoms with Gasteiger partial charge in [-0.1, -0.05) is 18.2 Å². The average molecular weight is 264 g/mol. The highest BCUT2D eigenvalue weighted by atomic mass is 16.5. The van der Waals surface area contributed by atoms with Crippen LogP contribution in [0.4, 0.5) is 0 Å². The molecule has 0 fully saturated rings. The highest BCUT2D eigenvalue weighted by molar-refractivity contribution is 5.46. The van der Waals surface area contributed by atoms with Crippen LogP contribution in [0.5, 0.6) is 11.6 Å². The molecule has 20 heavy (non-hydrogen) atoms. The number of nitriles is 1. The molecule has 0 saturated heterocycles. The van der Waals surface area contributed by atoms with E-state index < -0.39 is 0 Å². The second-order valence-corrected chi connectivity index (χ2v) is 5.13. The van der Waals surface area contributed by atoms with Crippen LogP contribution < -0.4 is 4.74 Å². The maximum atomic E-state index is 9.30. The van der Waals surface area contributed by atoms with E-state index in [1.54, 1.807) is 0 Å². The first-order valence-electron chi connectivity index (χ1n) is 6.94. The number of rotatable bonds is 2. The van der Waals surface area contributed by atoms with Crippen LogP contribution in [0.1, 0.15) is 35.2 Å². The van der Waals surface area contributed by atoms with Gasteiger partial charge in [-0.2, -0.15) is 5.26 Å². The molecule has 3 heteroatoms. The van der Waals surface area contributed by atoms with Gasteiger partial charge >= 0.3 is 0 Å². The first kappa shape index (κ1) is 12.7. The van der Waals surface area contributed by atoms with E-state index in [1.807, 2.05) is 37.3 Å². The van der Waals surface area contributed by atoms with Gasteiger partial charge in [0.05, 0.1) is 0 Å². The van der Waals surface area contributed by atoms with E-state index in [9.17, 15) is 5.26 Å². The monoisotopic (exact) mass is 264 g/mol. The molecule has 3 nitrogen and oxygen atoms in total. The number of nitrogens with zero attached hydrogens (tertiary/aromatic N) is 2. The Bertz CT molecular complexity index is 686. The van der Waals surface area contributed by atoms with Crippen LogP contribution in [0.3, 0.4) is 0 Å². The van der Waals surface area contributed by atoms with Crippen LogP contribution in [0.25, 0.3) is 0 Å². The number of ether oxygens (including phenoxy) is 1. The quantitative estimate of drug-likeness (QED) is 0.825. The maximum Gasteiger partial charge on any atom is 0.237 e. The zero-order chi connectivity index (χ0) is 13.9. The fourth-order valence-corrected chi connectivity index (χ4v) is 2.55. The van der Waals surface area contributed by atoms with Crippen molar-refractivity contribution in [3.8, 4) is 17.7 Å². The number of aromatic nitrogens is 1. The molecule has 1 heterocycles. The summed E-state index contributed by atoms with van der Waals surface area (Å²) in [6, 6.07) is 11.9. The van der Waals surface area contributed by atoms with Crippen molar-refractivity contribution in [2.75, 3.05) is 0 Å². The molecule has 0 atom stereocenters. The largest absolute Gasteiger partial charge is 0.437 e. The normalized spacial score (nSPS) is 13.4. The summed E-state index contributed by atoms with van der Waals surface area (Å²) in [5.74, 6) is 1.19. The Morgan fingerprint density at radius 2 is 2.00 bits per heavy atom. The first-order valence-corrected chi connectivity index (χ1v) is 6.94. The van der Waals surface area contributed by atoms with Crippen molar-refractivity contribution in [2.24, 2.45) is 0 Å². The molecule has 0 saturated carbocycles. The lowest BCUT2D eigenvalue weighted by Crippen LogP contribution is -2.07. The van der Waals surface area contributed by atoms with Crippen LogP contribution in [0, 0.1) is 18.3 Å². The molecule has 1 aliphatic rings. The van der Waals surface area contributed by atoms with E-state index in [2.05, 4.69) is 11.1 Å². The van der Waals surface area contributed by atoms with Crippen molar-refractivity contribution >= 4 is 0 Å². The third-order valence-corrected chi connectivity index (χ3v) is 3.69. The molecule has 100 valence electrons. The number of para-hydroxylation sites is 1. The Hall–Kier alpha value is -2.34. The highest BCUT2D eigenvalue weighted by Gasteiger charge is 2.16. The molecule has 0 aliphatic heterocycles. The van der Waals surface area contributed by atoms with Crippen molar-refractivity contribution in [3.05, 3.63) is 52.7 Å². The van der Waals surface area contributed by atoms with Crippen LogP contribution in [0.15, 0.2) is 30.3 Å². The molecular weight excluding hydrogens is 248 g/mol. The molecule has 0 radical (unpaired) electrons. The molecule has 3 rings (SSSR count). The topological polar surface area (TPSA) is 45.9 Å². The van der Waals surface area contributed by atoms with Crippen LogP contribution in [-0.2, 0) is 12.8 Å². The van der Waals surface area contributed by atoms with E-state index in [1.165, 1.54) is 12.0 Å². The average Bonchev–Trinajstić information content (AvgIpc) is 2.49. The van der Waals surface area contributed by atoms with Gasteiger partial charge in [-0.05, 0) is 55.9 Å². The summed E-state index contributed by atoms with van der Waals surface area (Å²) in [7, 11) is 0. The highest BCUT2D eigenvalue weighted by Crippen LogP contribution is 2.29. The Morgan fingerprint density at radius 3 is 2.80 bits per heavy atom. The van der Waals surface area contributed by atoms with Crippen LogP contribution in [0.2, 0.25) is 0 Å². The predicted molar refractivity (Wildman–Crippen MR) is 76.8 cm³/mol. The molecule has 0 spiro atoms. The smallest absolute Gasteiger partial charge is 0.237 e. The van der Waals surface area contributed by atoms with Gasteiger partial charge in [0.15, 0.2) is 0 Å². The minimum atomic E-state index is 0.433. The molecule has 0 amide bonds. The second-order valence-electron chi connectivity index (χ2n) is 5.13. The van der Waals surface area contributed by atoms with Gasteiger partial charge in [-0.3, -0.25) is 0 Å². The third kappa shape index (κ3) is 2.37. The van der Waals surface area contributed by atoms with Gasteiger partial charge in [0.1, 0.15) is 17.4 Å². The molecule has 0 bridgehead atoms. The lowest BCUT2D eigenvalue weighted by molar-refractivity contribution is 0.453. The van der Waals surface area contributed by atoms with Gasteiger partial charge < -0.3 is 4.74 Å². The number of aryl methyl sites for hydroxylation is 3. The van der Waals surface area contributed by atoms with E-state index in [4.69, 9.17) is 4.74 Å². The molecule has 1 aromatic heterocycles. The van der Waals surface area contributed by atoms with Gasteiger partial charge in [0, 0.05) is 5.69 Å². The molecule has 1 aromatic carbocycles. The van der Waals surface area contributed by atoms with Gasteiger partial charge in [-0.25, -0.2) is 4.98 Å². The number of pyridine rings is 1. The Kier molecular flexibility index (Phi) is 3.39. The molecular formula is C17H16N2O. The molecule has 0 unspecified atom stereocenters. The van der Waals surface area contributed by atoms with Crippen molar-refractivity contribution in [1.82, 2.24) is 4.98 Å². The zero-order valence-electron chi connectivity index (χ0n) is 11.5. The van der Waals surface area contributed by atoms with E-state index in [0.29, 0.717) is 11.4 Å². The fraction of sp³-hybridized carbons (Fsp3) is 0.294. The summed E-state index contributed by atoms with van der Waals surface area (Å²) in [5, 5.41) is 9.30. The van der Waals surface area contributed by atoms with Crippen molar-refractivity contribution in [1.29, 1.82) is 5.26 Å². The minimum absolute atomic E-state index is 0.433. The van der Waals surface area contributed by atoms with Crippen LogP contribution in [-0.4, -0.2) is 4.98 Å². The third-order valence-electron chi connectivity index (χ3n) is 3.69. The van der Waals surface area contributed by atoms with Crippen molar-refractivity contribution < 1.29 is 4.74 Å². The maximum absolute atomic E-state index is 9.30. The van der Waals surface area contributed by atoms with Crippen molar-refractivity contribution in [3.63, 3.8) is 0 Å². The van der Waals surface area contributed by atoms with Gasteiger partial charge in [0.25, 0.3) is 0 Å². The lowest BCUT2D eigenvalue weighted by atomic mass is 9.95. The summed E-state index contributed by atoms with van der Waals surface area (Å²) < 4.78 is 5.86. The number of hydrogen-bond acceptors (Lipinski definition) is 3. The zero-order valence-corrected chi connectivity index (χ0v) is 11.5. The molecule has 2 aromatic rings. The summed E-state index contributed by atoms with van der Waals surface area (Å²) >= 11 is 0. The molecule has 1 aliphatic carbocycles. The predicted octanol–water partition coefficient (Wildman–Crippen LogP) is 3.93.